The van der Waals surface area contributed by atoms with Crippen molar-refractivity contribution in [2.45, 2.75) is 6.61 Å². The van der Waals surface area contributed by atoms with Gasteiger partial charge in [-0.15, -0.1) is 0 Å². The number of aromatic nitrogens is 1. The zero-order chi connectivity index (χ0) is 7.56. The van der Waals surface area contributed by atoms with E-state index in [-0.39, 0.29) is 30.9 Å². The third kappa shape index (κ3) is 2.52. The van der Waals surface area contributed by atoms with Gasteiger partial charge in [-0.05, 0) is 0 Å². The third-order valence-electron chi connectivity index (χ3n) is 1.09. The molecule has 0 aliphatic rings. The van der Waals surface area contributed by atoms with Gasteiger partial charge in [0.2, 0.25) is 5.88 Å². The van der Waals surface area contributed by atoms with Gasteiger partial charge < -0.3 is 10.2 Å². The molecular weight excluding hydrogens is 240 g/mol. The molecule has 0 fully saturated rings. The molecule has 1 aromatic heterocycles. The van der Waals surface area contributed by atoms with Gasteiger partial charge in [-0.25, -0.2) is 9.37 Å². The maximum atomic E-state index is 12.5. The molecule has 0 spiro atoms. The van der Waals surface area contributed by atoms with E-state index in [1.807, 2.05) is 0 Å². The number of halogens is 1. The molecule has 0 atom stereocenters. The normalized spacial score (nSPS) is 8.91. The van der Waals surface area contributed by atoms with Crippen LogP contribution >= 0.6 is 0 Å². The first-order valence-corrected chi connectivity index (χ1v) is 2.68. The molecule has 11 heavy (non-hydrogen) atoms. The van der Waals surface area contributed by atoms with E-state index in [1.165, 1.54) is 0 Å². The van der Waals surface area contributed by atoms with Crippen molar-refractivity contribution in [3.63, 3.8) is 0 Å². The van der Waals surface area contributed by atoms with Crippen LogP contribution in [-0.4, -0.2) is 15.2 Å². The molecule has 63 valence electrons. The molecule has 2 N–H and O–H groups in total. The molecule has 1 rings (SSSR count). The Morgan fingerprint density at radius 3 is 2.64 bits per heavy atom. The maximum Gasteiger partial charge on any atom is 0.213 e. The Morgan fingerprint density at radius 2 is 2.18 bits per heavy atom. The average Bonchev–Trinajstić information content (AvgIpc) is 1.88. The van der Waals surface area contributed by atoms with Gasteiger partial charge in [0.1, 0.15) is 5.82 Å². The number of hydrogen-bond donors (Lipinski definition) is 2. The maximum absolute atomic E-state index is 12.5. The van der Waals surface area contributed by atoms with Crippen LogP contribution in [0.1, 0.15) is 5.56 Å². The minimum absolute atomic E-state index is 0. The quantitative estimate of drug-likeness (QED) is 0.706. The summed E-state index contributed by atoms with van der Waals surface area (Å²) >= 11 is 0. The van der Waals surface area contributed by atoms with Gasteiger partial charge in [-0.3, -0.25) is 0 Å². The summed E-state index contributed by atoms with van der Waals surface area (Å²) < 4.78 is 12.5. The van der Waals surface area contributed by atoms with Crippen LogP contribution in [0.25, 0.3) is 0 Å². The first-order chi connectivity index (χ1) is 4.74. The number of aromatic hydroxyl groups is 1. The van der Waals surface area contributed by atoms with Gasteiger partial charge >= 0.3 is 0 Å². The van der Waals surface area contributed by atoms with E-state index < -0.39 is 12.4 Å². The van der Waals surface area contributed by atoms with Crippen molar-refractivity contribution in [1.82, 2.24) is 4.98 Å². The third-order valence-corrected chi connectivity index (χ3v) is 1.09. The average molecular weight is 246 g/mol. The van der Waals surface area contributed by atoms with Gasteiger partial charge in [0, 0.05) is 37.3 Å². The van der Waals surface area contributed by atoms with E-state index in [4.69, 9.17) is 10.2 Å². The predicted molar refractivity (Wildman–Crippen MR) is 31.8 cm³/mol. The fourth-order valence-electron chi connectivity index (χ4n) is 0.565. The molecule has 0 saturated heterocycles. The summed E-state index contributed by atoms with van der Waals surface area (Å²) in [4.78, 5) is 3.37. The SMILES string of the molecule is OCc1cnc(O)cc1F.[Rh]. The van der Waals surface area contributed by atoms with Crippen LogP contribution < -0.4 is 0 Å². The first kappa shape index (κ1) is 10.5. The second-order valence-electron chi connectivity index (χ2n) is 1.79. The fraction of sp³-hybridized carbons (Fsp3) is 0.167. The molecule has 1 aromatic rings. The van der Waals surface area contributed by atoms with E-state index in [0.29, 0.717) is 0 Å². The summed E-state index contributed by atoms with van der Waals surface area (Å²) in [6.45, 7) is -0.404. The van der Waals surface area contributed by atoms with Crippen molar-refractivity contribution in [1.29, 1.82) is 0 Å². The molecule has 0 bridgehead atoms. The van der Waals surface area contributed by atoms with E-state index in [0.717, 1.165) is 12.3 Å². The van der Waals surface area contributed by atoms with E-state index in [9.17, 15) is 4.39 Å². The second-order valence-corrected chi connectivity index (χ2v) is 1.79. The first-order valence-electron chi connectivity index (χ1n) is 2.68. The molecule has 3 nitrogen and oxygen atoms in total. The van der Waals surface area contributed by atoms with Crippen molar-refractivity contribution in [3.8, 4) is 5.88 Å². The Bertz CT molecular complexity index is 244. The molecular formula is C6H6FNO2Rh. The van der Waals surface area contributed by atoms with E-state index in [2.05, 4.69) is 4.98 Å². The van der Waals surface area contributed by atoms with Crippen molar-refractivity contribution in [2.24, 2.45) is 0 Å². The predicted octanol–water partition coefficient (Wildman–Crippen LogP) is 0.416. The zero-order valence-corrected chi connectivity index (χ0v) is 7.05. The van der Waals surface area contributed by atoms with Crippen molar-refractivity contribution < 1.29 is 34.1 Å². The topological polar surface area (TPSA) is 53.4 Å². The largest absolute Gasteiger partial charge is 0.493 e. The van der Waals surface area contributed by atoms with E-state index >= 15 is 0 Å². The second kappa shape index (κ2) is 4.36. The summed E-state index contributed by atoms with van der Waals surface area (Å²) in [5, 5.41) is 17.0. The number of nitrogens with zero attached hydrogens (tertiary/aromatic N) is 1. The minimum atomic E-state index is -0.644. The molecule has 0 aliphatic heterocycles. The van der Waals surface area contributed by atoms with Gasteiger partial charge in [-0.2, -0.15) is 0 Å². The van der Waals surface area contributed by atoms with Gasteiger partial charge in [0.05, 0.1) is 6.61 Å². The molecule has 0 amide bonds. The van der Waals surface area contributed by atoms with Crippen molar-refractivity contribution in [2.75, 3.05) is 0 Å². The molecule has 0 aliphatic carbocycles. The van der Waals surface area contributed by atoms with Crippen LogP contribution in [0.3, 0.4) is 0 Å². The van der Waals surface area contributed by atoms with Crippen LogP contribution in [0.15, 0.2) is 12.3 Å². The smallest absolute Gasteiger partial charge is 0.213 e. The summed E-state index contributed by atoms with van der Waals surface area (Å²) in [5.41, 5.74) is 0.0813. The number of aliphatic hydroxyl groups excluding tert-OH is 1. The monoisotopic (exact) mass is 246 g/mol. The molecule has 0 saturated carbocycles. The van der Waals surface area contributed by atoms with Gasteiger partial charge in [0.15, 0.2) is 0 Å². The van der Waals surface area contributed by atoms with Crippen molar-refractivity contribution >= 4 is 0 Å². The molecule has 0 aromatic carbocycles. The van der Waals surface area contributed by atoms with Crippen LogP contribution in [-0.2, 0) is 26.1 Å². The molecule has 1 radical (unpaired) electrons. The Kier molecular flexibility index (Phi) is 4.15. The minimum Gasteiger partial charge on any atom is -0.493 e. The number of hydrogen-bond acceptors (Lipinski definition) is 3. The number of aliphatic hydroxyl groups is 1. The zero-order valence-electron chi connectivity index (χ0n) is 5.41. The van der Waals surface area contributed by atoms with Gasteiger partial charge in [0.25, 0.3) is 0 Å². The Morgan fingerprint density at radius 1 is 1.55 bits per heavy atom. The van der Waals surface area contributed by atoms with Crippen LogP contribution in [0, 0.1) is 5.82 Å². The van der Waals surface area contributed by atoms with Gasteiger partial charge in [-0.1, -0.05) is 0 Å². The standard InChI is InChI=1S/C6H6FNO2.Rh/c7-5-1-6(10)8-2-4(5)3-9;/h1-2,9H,3H2,(H,8,10);. The fourth-order valence-corrected chi connectivity index (χ4v) is 0.565. The Hall–Kier alpha value is -0.537. The Balaban J connectivity index is 0.000001000. The van der Waals surface area contributed by atoms with Crippen LogP contribution in [0.2, 0.25) is 0 Å². The molecule has 0 unspecified atom stereocenters. The van der Waals surface area contributed by atoms with Crippen molar-refractivity contribution in [3.05, 3.63) is 23.6 Å². The van der Waals surface area contributed by atoms with Crippen LogP contribution in [0.4, 0.5) is 4.39 Å². The summed E-state index contributed by atoms with van der Waals surface area (Å²) in [7, 11) is 0. The molecule has 5 heteroatoms. The van der Waals surface area contributed by atoms with Crippen LogP contribution in [0.5, 0.6) is 5.88 Å². The Labute approximate surface area is 75.7 Å². The summed E-state index contributed by atoms with van der Waals surface area (Å²) in [5.74, 6) is -1.02. The molecule has 1 heterocycles. The summed E-state index contributed by atoms with van der Waals surface area (Å²) in [6, 6.07) is 0.853. The number of rotatable bonds is 1. The number of pyridine rings is 1. The van der Waals surface area contributed by atoms with E-state index in [1.54, 1.807) is 0 Å². The summed E-state index contributed by atoms with van der Waals surface area (Å²) in [6.07, 6.45) is 1.09.